The first kappa shape index (κ1) is 16.6. The number of benzene rings is 1. The molecule has 2 aliphatic rings. The summed E-state index contributed by atoms with van der Waals surface area (Å²) in [5.41, 5.74) is 0.799. The van der Waals surface area contributed by atoms with E-state index in [1.165, 1.54) is 0 Å². The molecule has 1 unspecified atom stereocenters. The molecule has 7 heteroatoms. The summed E-state index contributed by atoms with van der Waals surface area (Å²) >= 11 is 6.21. The first-order valence-electron chi connectivity index (χ1n) is 8.48. The van der Waals surface area contributed by atoms with E-state index in [2.05, 4.69) is 5.10 Å². The summed E-state index contributed by atoms with van der Waals surface area (Å²) in [7, 11) is 0. The number of carbonyl (C=O) groups excluding carboxylic acids is 1. The molecule has 0 bridgehead atoms. The van der Waals surface area contributed by atoms with E-state index in [-0.39, 0.29) is 11.5 Å². The monoisotopic (exact) mass is 361 g/mol. The molecule has 0 radical (unpaired) electrons. The van der Waals surface area contributed by atoms with Gasteiger partial charge in [0.2, 0.25) is 0 Å². The molecule has 2 fully saturated rings. The van der Waals surface area contributed by atoms with Gasteiger partial charge < -0.3 is 14.4 Å². The van der Waals surface area contributed by atoms with Crippen LogP contribution in [0.25, 0.3) is 5.69 Å². The molecule has 1 spiro atoms. The molecule has 2 aromatic rings. The van der Waals surface area contributed by atoms with Gasteiger partial charge in [-0.25, -0.2) is 4.68 Å². The lowest BCUT2D eigenvalue weighted by Crippen LogP contribution is -2.57. The molecule has 1 aromatic carbocycles. The fourth-order valence-electron chi connectivity index (χ4n) is 3.46. The van der Waals surface area contributed by atoms with Gasteiger partial charge in [0, 0.05) is 19.3 Å². The van der Waals surface area contributed by atoms with Crippen LogP contribution in [0.1, 0.15) is 23.3 Å². The number of ether oxygens (including phenoxy) is 2. The van der Waals surface area contributed by atoms with Crippen LogP contribution in [0.5, 0.6) is 0 Å². The number of morpholine rings is 1. The van der Waals surface area contributed by atoms with Gasteiger partial charge in [-0.05, 0) is 31.0 Å². The standard InChI is InChI=1S/C18H20ClN3O3/c19-14-4-1-2-5-16(14)22-8-6-15(20-22)17(23)21-9-11-25-18(12-21)7-3-10-24-13-18/h1-2,4-6,8H,3,7,9-13H2. The second-order valence-electron chi connectivity index (χ2n) is 6.51. The lowest BCUT2D eigenvalue weighted by molar-refractivity contribution is -0.160. The van der Waals surface area contributed by atoms with E-state index in [1.54, 1.807) is 23.0 Å². The number of hydrogen-bond acceptors (Lipinski definition) is 4. The Labute approximate surface area is 151 Å². The van der Waals surface area contributed by atoms with Crippen LogP contribution in [0.2, 0.25) is 5.02 Å². The third kappa shape index (κ3) is 3.29. The van der Waals surface area contributed by atoms with Gasteiger partial charge in [-0.3, -0.25) is 4.79 Å². The number of hydrogen-bond donors (Lipinski definition) is 0. The molecule has 1 aromatic heterocycles. The zero-order chi connectivity index (χ0) is 17.3. The van der Waals surface area contributed by atoms with Crippen molar-refractivity contribution in [2.24, 2.45) is 0 Å². The van der Waals surface area contributed by atoms with Crippen LogP contribution in [0, 0.1) is 0 Å². The van der Waals surface area contributed by atoms with Crippen molar-refractivity contribution in [2.45, 2.75) is 18.4 Å². The summed E-state index contributed by atoms with van der Waals surface area (Å²) in [6.45, 7) is 2.96. The molecule has 3 heterocycles. The van der Waals surface area contributed by atoms with Crippen LogP contribution in [0.15, 0.2) is 36.5 Å². The zero-order valence-electron chi connectivity index (χ0n) is 13.9. The number of rotatable bonds is 2. The third-order valence-electron chi connectivity index (χ3n) is 4.73. The van der Waals surface area contributed by atoms with Crippen LogP contribution in [-0.4, -0.2) is 59.1 Å². The Morgan fingerprint density at radius 2 is 2.12 bits per heavy atom. The summed E-state index contributed by atoms with van der Waals surface area (Å²) in [5, 5.41) is 5.01. The second kappa shape index (κ2) is 6.78. The summed E-state index contributed by atoms with van der Waals surface area (Å²) in [6.07, 6.45) is 3.64. The molecule has 4 rings (SSSR count). The minimum Gasteiger partial charge on any atom is -0.378 e. The van der Waals surface area contributed by atoms with E-state index >= 15 is 0 Å². The van der Waals surface area contributed by atoms with Gasteiger partial charge in [0.1, 0.15) is 5.60 Å². The molecule has 2 aliphatic heterocycles. The maximum Gasteiger partial charge on any atom is 0.274 e. The summed E-state index contributed by atoms with van der Waals surface area (Å²) in [4.78, 5) is 14.7. The van der Waals surface area contributed by atoms with Crippen LogP contribution in [0.4, 0.5) is 0 Å². The summed E-state index contributed by atoms with van der Waals surface area (Å²) < 4.78 is 13.2. The average Bonchev–Trinajstić information content (AvgIpc) is 3.12. The first-order valence-corrected chi connectivity index (χ1v) is 8.86. The van der Waals surface area contributed by atoms with Gasteiger partial charge in [-0.15, -0.1) is 0 Å². The van der Waals surface area contributed by atoms with Crippen LogP contribution >= 0.6 is 11.6 Å². The molecule has 2 saturated heterocycles. The highest BCUT2D eigenvalue weighted by Gasteiger charge is 2.40. The predicted molar refractivity (Wildman–Crippen MR) is 93.2 cm³/mol. The normalized spacial score (nSPS) is 23.8. The van der Waals surface area contributed by atoms with Crippen LogP contribution < -0.4 is 0 Å². The Balaban J connectivity index is 1.52. The highest BCUT2D eigenvalue weighted by atomic mass is 35.5. The minimum absolute atomic E-state index is 0.0842. The second-order valence-corrected chi connectivity index (χ2v) is 6.92. The molecular formula is C18H20ClN3O3. The van der Waals surface area contributed by atoms with Crippen molar-refractivity contribution < 1.29 is 14.3 Å². The van der Waals surface area contributed by atoms with Gasteiger partial charge in [-0.2, -0.15) is 5.10 Å². The molecular weight excluding hydrogens is 342 g/mol. The molecule has 25 heavy (non-hydrogen) atoms. The lowest BCUT2D eigenvalue weighted by Gasteiger charge is -2.44. The van der Waals surface area contributed by atoms with E-state index in [1.807, 2.05) is 23.1 Å². The Bertz CT molecular complexity index is 765. The van der Waals surface area contributed by atoms with E-state index in [4.69, 9.17) is 21.1 Å². The van der Waals surface area contributed by atoms with Crippen molar-refractivity contribution in [1.82, 2.24) is 14.7 Å². The summed E-state index contributed by atoms with van der Waals surface area (Å²) in [5.74, 6) is -0.0842. The van der Waals surface area contributed by atoms with Crippen molar-refractivity contribution in [3.05, 3.63) is 47.2 Å². The van der Waals surface area contributed by atoms with Gasteiger partial charge >= 0.3 is 0 Å². The Morgan fingerprint density at radius 1 is 1.24 bits per heavy atom. The third-order valence-corrected chi connectivity index (χ3v) is 5.05. The smallest absolute Gasteiger partial charge is 0.274 e. The molecule has 0 saturated carbocycles. The lowest BCUT2D eigenvalue weighted by atomic mass is 9.94. The van der Waals surface area contributed by atoms with E-state index < -0.39 is 0 Å². The topological polar surface area (TPSA) is 56.6 Å². The van der Waals surface area contributed by atoms with Crippen LogP contribution in [-0.2, 0) is 9.47 Å². The summed E-state index contributed by atoms with van der Waals surface area (Å²) in [6, 6.07) is 9.15. The molecule has 1 atom stereocenters. The number of aromatic nitrogens is 2. The van der Waals surface area contributed by atoms with Gasteiger partial charge in [0.15, 0.2) is 5.69 Å². The maximum absolute atomic E-state index is 12.9. The van der Waals surface area contributed by atoms with Crippen molar-refractivity contribution in [3.63, 3.8) is 0 Å². The maximum atomic E-state index is 12.9. The van der Waals surface area contributed by atoms with E-state index in [9.17, 15) is 4.79 Å². The zero-order valence-corrected chi connectivity index (χ0v) is 14.6. The number of para-hydroxylation sites is 1. The van der Waals surface area contributed by atoms with Crippen LogP contribution in [0.3, 0.4) is 0 Å². The average molecular weight is 362 g/mol. The van der Waals surface area contributed by atoms with E-state index in [0.29, 0.717) is 37.0 Å². The van der Waals surface area contributed by atoms with Crippen molar-refractivity contribution in [1.29, 1.82) is 0 Å². The number of halogens is 1. The van der Waals surface area contributed by atoms with Gasteiger partial charge in [-0.1, -0.05) is 23.7 Å². The Kier molecular flexibility index (Phi) is 4.50. The first-order chi connectivity index (χ1) is 12.2. The van der Waals surface area contributed by atoms with Gasteiger partial charge in [0.05, 0.1) is 30.5 Å². The Morgan fingerprint density at radius 3 is 2.92 bits per heavy atom. The molecule has 0 N–H and O–H groups in total. The predicted octanol–water partition coefficient (Wildman–Crippen LogP) is 2.55. The molecule has 0 aliphatic carbocycles. The van der Waals surface area contributed by atoms with Crippen molar-refractivity contribution >= 4 is 17.5 Å². The highest BCUT2D eigenvalue weighted by Crippen LogP contribution is 2.28. The molecule has 1 amide bonds. The highest BCUT2D eigenvalue weighted by molar-refractivity contribution is 6.32. The van der Waals surface area contributed by atoms with Crippen molar-refractivity contribution in [2.75, 3.05) is 32.9 Å². The van der Waals surface area contributed by atoms with Gasteiger partial charge in [0.25, 0.3) is 5.91 Å². The number of carbonyl (C=O) groups is 1. The minimum atomic E-state index is -0.364. The fraction of sp³-hybridized carbons (Fsp3) is 0.444. The number of amides is 1. The van der Waals surface area contributed by atoms with Crippen molar-refractivity contribution in [3.8, 4) is 5.69 Å². The molecule has 132 valence electrons. The largest absolute Gasteiger partial charge is 0.378 e. The quantitative estimate of drug-likeness (QED) is 0.824. The molecule has 6 nitrogen and oxygen atoms in total. The Hall–Kier alpha value is -1.89. The number of nitrogens with zero attached hydrogens (tertiary/aromatic N) is 3. The SMILES string of the molecule is O=C(c1ccn(-c2ccccc2Cl)n1)N1CCOC2(CCCOC2)C1. The fourth-order valence-corrected chi connectivity index (χ4v) is 3.68. The van der Waals surface area contributed by atoms with E-state index in [0.717, 1.165) is 25.1 Å².